The summed E-state index contributed by atoms with van der Waals surface area (Å²) in [6.45, 7) is 21.8. The summed E-state index contributed by atoms with van der Waals surface area (Å²) in [5.74, 6) is -0.0152. The Bertz CT molecular complexity index is 384. The summed E-state index contributed by atoms with van der Waals surface area (Å²) < 4.78 is 8.11. The third-order valence-corrected chi connectivity index (χ3v) is 15.6. The molecule has 0 bridgehead atoms. The number of nitrogens with two attached hydrogens (primary N) is 1. The zero-order chi connectivity index (χ0) is 18.7. The van der Waals surface area contributed by atoms with Crippen LogP contribution in [0.3, 0.4) is 0 Å². The van der Waals surface area contributed by atoms with Gasteiger partial charge in [-0.15, -0.1) is 0 Å². The van der Waals surface area contributed by atoms with E-state index in [1.807, 2.05) is 0 Å². The van der Waals surface area contributed by atoms with Crippen molar-refractivity contribution >= 4 is 30.5 Å². The maximum atomic E-state index is 13.2. The molecule has 0 radical (unpaired) electrons. The highest BCUT2D eigenvalue weighted by atomic mass is 28.4. The first-order chi connectivity index (χ1) is 10.2. The molecule has 0 aliphatic carbocycles. The molecule has 0 spiro atoms. The SMILES string of the molecule is COC(=O)[C@](CCCCN)(N([Si](C)(C)C)[Si](C)(C)C)[Si](C)(C)C. The van der Waals surface area contributed by atoms with Gasteiger partial charge >= 0.3 is 5.97 Å². The van der Waals surface area contributed by atoms with Crippen molar-refractivity contribution in [2.45, 2.75) is 83.3 Å². The average molecular weight is 377 g/mol. The Kier molecular flexibility index (Phi) is 7.96. The molecule has 0 heterocycles. The summed E-state index contributed by atoms with van der Waals surface area (Å²) in [6.07, 6.45) is 2.83. The zero-order valence-electron chi connectivity index (χ0n) is 17.2. The van der Waals surface area contributed by atoms with E-state index in [1.165, 1.54) is 0 Å². The van der Waals surface area contributed by atoms with Crippen molar-refractivity contribution in [3.05, 3.63) is 0 Å². The van der Waals surface area contributed by atoms with Crippen molar-refractivity contribution in [2.24, 2.45) is 5.73 Å². The number of rotatable bonds is 9. The van der Waals surface area contributed by atoms with E-state index in [0.29, 0.717) is 6.54 Å². The van der Waals surface area contributed by atoms with Gasteiger partial charge in [0.1, 0.15) is 16.5 Å². The Balaban J connectivity index is 6.40. The molecule has 0 saturated carbocycles. The molecule has 0 amide bonds. The molecular weight excluding hydrogens is 336 g/mol. The van der Waals surface area contributed by atoms with Gasteiger partial charge < -0.3 is 14.7 Å². The molecule has 0 saturated heterocycles. The van der Waals surface area contributed by atoms with Crippen molar-refractivity contribution in [1.82, 2.24) is 4.23 Å². The van der Waals surface area contributed by atoms with E-state index in [0.717, 1.165) is 19.3 Å². The largest absolute Gasteiger partial charge is 0.468 e. The molecule has 0 rings (SSSR count). The Labute approximate surface area is 147 Å². The minimum atomic E-state index is -1.87. The number of unbranched alkanes of at least 4 members (excludes halogenated alkanes) is 1. The molecule has 7 heteroatoms. The van der Waals surface area contributed by atoms with Crippen molar-refractivity contribution in [3.8, 4) is 0 Å². The van der Waals surface area contributed by atoms with E-state index in [4.69, 9.17) is 10.5 Å². The van der Waals surface area contributed by atoms with E-state index in [2.05, 4.69) is 63.2 Å². The van der Waals surface area contributed by atoms with E-state index in [9.17, 15) is 4.79 Å². The maximum absolute atomic E-state index is 13.2. The number of methoxy groups -OCH3 is 1. The minimum Gasteiger partial charge on any atom is -0.468 e. The van der Waals surface area contributed by atoms with Crippen LogP contribution in [0.2, 0.25) is 58.9 Å². The highest BCUT2D eigenvalue weighted by molar-refractivity contribution is 6.94. The average Bonchev–Trinajstić information content (AvgIpc) is 2.31. The zero-order valence-corrected chi connectivity index (χ0v) is 20.2. The van der Waals surface area contributed by atoms with Gasteiger partial charge in [0.2, 0.25) is 0 Å². The summed E-state index contributed by atoms with van der Waals surface area (Å²) in [5.41, 5.74) is 5.72. The molecule has 0 unspecified atom stereocenters. The Morgan fingerprint density at radius 1 is 0.957 bits per heavy atom. The van der Waals surface area contributed by atoms with Crippen molar-refractivity contribution < 1.29 is 9.53 Å². The number of carbonyl (C=O) groups excluding carboxylic acids is 1. The van der Waals surface area contributed by atoms with Gasteiger partial charge in [0.05, 0.1) is 20.3 Å². The summed E-state index contributed by atoms with van der Waals surface area (Å²) in [6, 6.07) is 0. The molecule has 2 N–H and O–H groups in total. The molecule has 0 aromatic carbocycles. The molecule has 0 aromatic rings. The molecule has 4 nitrogen and oxygen atoms in total. The van der Waals surface area contributed by atoms with Gasteiger partial charge in [0.25, 0.3) is 0 Å². The predicted molar refractivity (Wildman–Crippen MR) is 110 cm³/mol. The second kappa shape index (κ2) is 7.95. The van der Waals surface area contributed by atoms with Gasteiger partial charge in [-0.3, -0.25) is 4.79 Å². The van der Waals surface area contributed by atoms with Crippen LogP contribution in [0.4, 0.5) is 0 Å². The highest BCUT2D eigenvalue weighted by Gasteiger charge is 2.59. The third-order valence-electron chi connectivity index (χ3n) is 4.48. The van der Waals surface area contributed by atoms with Crippen LogP contribution >= 0.6 is 0 Å². The van der Waals surface area contributed by atoms with E-state index in [1.54, 1.807) is 7.11 Å². The summed E-state index contributed by atoms with van der Waals surface area (Å²) in [4.78, 5) is 13.2. The Hall–Kier alpha value is 0.0406. The lowest BCUT2D eigenvalue weighted by Gasteiger charge is -2.59. The lowest BCUT2D eigenvalue weighted by Crippen LogP contribution is -2.79. The maximum Gasteiger partial charge on any atom is 0.321 e. The fourth-order valence-electron chi connectivity index (χ4n) is 4.17. The smallest absolute Gasteiger partial charge is 0.321 e. The number of carbonyl (C=O) groups is 1. The summed E-state index contributed by atoms with van der Waals surface area (Å²) >= 11 is 0. The number of ether oxygens (including phenoxy) is 1. The number of hydrogen-bond acceptors (Lipinski definition) is 4. The molecule has 0 aromatic heterocycles. The second-order valence-corrected chi connectivity index (χ2v) is 24.9. The van der Waals surface area contributed by atoms with Crippen LogP contribution in [-0.2, 0) is 9.53 Å². The van der Waals surface area contributed by atoms with Crippen LogP contribution in [0.15, 0.2) is 0 Å². The van der Waals surface area contributed by atoms with E-state index >= 15 is 0 Å². The van der Waals surface area contributed by atoms with Crippen LogP contribution < -0.4 is 5.73 Å². The lowest BCUT2D eigenvalue weighted by molar-refractivity contribution is -0.147. The van der Waals surface area contributed by atoms with Crippen LogP contribution in [0.1, 0.15) is 19.3 Å². The normalized spacial score (nSPS) is 16.3. The van der Waals surface area contributed by atoms with Crippen LogP contribution in [0.5, 0.6) is 0 Å². The van der Waals surface area contributed by atoms with Gasteiger partial charge in [-0.05, 0) is 19.4 Å². The molecular formula is C16H40N2O2Si3. The number of nitrogens with zero attached hydrogens (tertiary/aromatic N) is 1. The summed E-state index contributed by atoms with van der Waals surface area (Å²) in [5, 5.41) is -0.439. The molecule has 138 valence electrons. The van der Waals surface area contributed by atoms with Gasteiger partial charge in [-0.1, -0.05) is 65.3 Å². The first kappa shape index (κ1) is 23.0. The molecule has 0 fully saturated rings. The summed E-state index contributed by atoms with van der Waals surface area (Å²) in [7, 11) is -3.74. The number of hydrogen-bond donors (Lipinski definition) is 1. The lowest BCUT2D eigenvalue weighted by atomic mass is 10.1. The van der Waals surface area contributed by atoms with Crippen LogP contribution in [0, 0.1) is 0 Å². The fourth-order valence-corrected chi connectivity index (χ4v) is 21.3. The molecule has 0 aliphatic heterocycles. The van der Waals surface area contributed by atoms with E-state index < -0.39 is 29.7 Å². The first-order valence-electron chi connectivity index (χ1n) is 8.75. The van der Waals surface area contributed by atoms with Crippen LogP contribution in [-0.4, -0.2) is 53.6 Å². The van der Waals surface area contributed by atoms with Gasteiger partial charge in [0.15, 0.2) is 0 Å². The van der Waals surface area contributed by atoms with Crippen LogP contribution in [0.25, 0.3) is 0 Å². The molecule has 23 heavy (non-hydrogen) atoms. The molecule has 0 aliphatic rings. The highest BCUT2D eigenvalue weighted by Crippen LogP contribution is 2.41. The second-order valence-electron chi connectivity index (χ2n) is 9.52. The molecule has 1 atom stereocenters. The van der Waals surface area contributed by atoms with Gasteiger partial charge in [-0.2, -0.15) is 0 Å². The van der Waals surface area contributed by atoms with Gasteiger partial charge in [0, 0.05) is 0 Å². The van der Waals surface area contributed by atoms with Gasteiger partial charge in [-0.25, -0.2) is 0 Å². The predicted octanol–water partition coefficient (Wildman–Crippen LogP) is 3.88. The van der Waals surface area contributed by atoms with E-state index in [-0.39, 0.29) is 5.97 Å². The fraction of sp³-hybridized carbons (Fsp3) is 0.938. The first-order valence-corrected chi connectivity index (χ1v) is 19.1. The standard InChI is InChI=1S/C16H40N2O2Si3/c1-20-15(19)16(21(2,3)4,13-11-12-14-17)18(22(5,6)7)23(8,9)10/h11-14,17H2,1-10H3/t16-/m1/s1. The topological polar surface area (TPSA) is 55.6 Å². The van der Waals surface area contributed by atoms with Crippen molar-refractivity contribution in [2.75, 3.05) is 13.7 Å². The monoisotopic (exact) mass is 376 g/mol. The minimum absolute atomic E-state index is 0.0152. The third kappa shape index (κ3) is 5.26. The Morgan fingerprint density at radius 2 is 1.39 bits per heavy atom. The quantitative estimate of drug-likeness (QED) is 0.377. The van der Waals surface area contributed by atoms with Crippen molar-refractivity contribution in [1.29, 1.82) is 0 Å². The Morgan fingerprint density at radius 3 is 1.65 bits per heavy atom. The van der Waals surface area contributed by atoms with Crippen molar-refractivity contribution in [3.63, 3.8) is 0 Å². The number of esters is 1.